The predicted octanol–water partition coefficient (Wildman–Crippen LogP) is 5.25. The van der Waals surface area contributed by atoms with Crippen molar-refractivity contribution >= 4 is 17.9 Å². The lowest BCUT2D eigenvalue weighted by Crippen LogP contribution is -2.58. The van der Waals surface area contributed by atoms with Gasteiger partial charge < -0.3 is 33.6 Å². The Hall–Kier alpha value is -3.79. The zero-order valence-electron chi connectivity index (χ0n) is 27.5. The monoisotopic (exact) mass is 611 g/mol. The first-order chi connectivity index (χ1) is 20.8. The first-order valence-electron chi connectivity index (χ1n) is 15.2. The molecule has 3 rings (SSSR count). The molecule has 1 saturated heterocycles. The van der Waals surface area contributed by atoms with E-state index in [0.717, 1.165) is 5.56 Å². The Labute approximate surface area is 262 Å². The van der Waals surface area contributed by atoms with E-state index in [1.54, 1.807) is 54.2 Å². The summed E-state index contributed by atoms with van der Waals surface area (Å²) in [6.45, 7) is 11.2. The van der Waals surface area contributed by atoms with Crippen molar-refractivity contribution in [2.45, 2.75) is 71.7 Å². The summed E-state index contributed by atoms with van der Waals surface area (Å²) in [5.74, 6) is 0.173. The second-order valence-electron chi connectivity index (χ2n) is 12.5. The van der Waals surface area contributed by atoms with Gasteiger partial charge in [0.15, 0.2) is 11.5 Å². The lowest BCUT2D eigenvalue weighted by atomic mass is 9.90. The molecule has 2 aromatic rings. The molecular weight excluding hydrogens is 562 g/mol. The lowest BCUT2D eigenvalue weighted by Gasteiger charge is -2.44. The zero-order valence-corrected chi connectivity index (χ0v) is 27.5. The maximum Gasteiger partial charge on any atom is 0.410 e. The van der Waals surface area contributed by atoms with Crippen LogP contribution in [0.2, 0.25) is 0 Å². The van der Waals surface area contributed by atoms with Gasteiger partial charge in [0.2, 0.25) is 5.91 Å². The minimum absolute atomic E-state index is 0.0838. The van der Waals surface area contributed by atoms with Crippen LogP contribution in [-0.2, 0) is 20.8 Å². The number of hydrogen-bond acceptors (Lipinski definition) is 7. The van der Waals surface area contributed by atoms with E-state index in [9.17, 15) is 14.4 Å². The van der Waals surface area contributed by atoms with Crippen molar-refractivity contribution < 1.29 is 33.3 Å². The number of likely N-dealkylation sites (tertiary alicyclic amines) is 1. The van der Waals surface area contributed by atoms with Crippen LogP contribution >= 0.6 is 0 Å². The highest BCUT2D eigenvalue weighted by Crippen LogP contribution is 2.31. The quantitative estimate of drug-likeness (QED) is 0.303. The van der Waals surface area contributed by atoms with Gasteiger partial charge in [0.1, 0.15) is 5.60 Å². The topological polar surface area (TPSA) is 97.9 Å². The highest BCUT2D eigenvalue weighted by atomic mass is 16.6. The smallest absolute Gasteiger partial charge is 0.410 e. The Morgan fingerprint density at radius 2 is 1.68 bits per heavy atom. The Kier molecular flexibility index (Phi) is 12.5. The number of hydrogen-bond donors (Lipinski definition) is 0. The molecule has 10 heteroatoms. The SMILES string of the molecule is COCCCOc1cc(C(=O)N(C(C)C)C2C[C@H](C(=O)N(C)Cc3ccccc3)CN(C(=O)OC(C)(C)C)C2)ccc1OC. The summed E-state index contributed by atoms with van der Waals surface area (Å²) >= 11 is 0. The summed E-state index contributed by atoms with van der Waals surface area (Å²) in [4.78, 5) is 46.3. The van der Waals surface area contributed by atoms with Gasteiger partial charge in [-0.25, -0.2) is 4.79 Å². The zero-order chi connectivity index (χ0) is 32.4. The Balaban J connectivity index is 1.90. The second kappa shape index (κ2) is 15.8. The van der Waals surface area contributed by atoms with E-state index >= 15 is 0 Å². The molecular formula is C34H49N3O7. The maximum atomic E-state index is 14.2. The van der Waals surface area contributed by atoms with Crippen molar-refractivity contribution in [3.63, 3.8) is 0 Å². The van der Waals surface area contributed by atoms with Gasteiger partial charge in [0.05, 0.1) is 25.7 Å². The molecule has 242 valence electrons. The average Bonchev–Trinajstić information content (AvgIpc) is 2.98. The van der Waals surface area contributed by atoms with Gasteiger partial charge in [-0.2, -0.15) is 0 Å². The van der Waals surface area contributed by atoms with Crippen LogP contribution in [0.25, 0.3) is 0 Å². The number of methoxy groups -OCH3 is 2. The number of rotatable bonds is 12. The molecule has 1 fully saturated rings. The average molecular weight is 612 g/mol. The highest BCUT2D eigenvalue weighted by Gasteiger charge is 2.41. The van der Waals surface area contributed by atoms with E-state index in [-0.39, 0.29) is 30.9 Å². The second-order valence-corrected chi connectivity index (χ2v) is 12.5. The minimum Gasteiger partial charge on any atom is -0.493 e. The van der Waals surface area contributed by atoms with Crippen molar-refractivity contribution in [1.29, 1.82) is 0 Å². The van der Waals surface area contributed by atoms with Crippen LogP contribution in [-0.4, -0.2) is 97.9 Å². The molecule has 0 bridgehead atoms. The Bertz CT molecular complexity index is 1250. The van der Waals surface area contributed by atoms with E-state index in [1.807, 2.05) is 65.0 Å². The van der Waals surface area contributed by atoms with Crippen LogP contribution in [0.3, 0.4) is 0 Å². The van der Waals surface area contributed by atoms with E-state index < -0.39 is 23.7 Å². The van der Waals surface area contributed by atoms with E-state index in [4.69, 9.17) is 18.9 Å². The summed E-state index contributed by atoms with van der Waals surface area (Å²) < 4.78 is 22.2. The highest BCUT2D eigenvalue weighted by molar-refractivity contribution is 5.95. The summed E-state index contributed by atoms with van der Waals surface area (Å²) in [5, 5.41) is 0. The van der Waals surface area contributed by atoms with Crippen molar-refractivity contribution in [3.8, 4) is 11.5 Å². The van der Waals surface area contributed by atoms with Crippen molar-refractivity contribution in [2.75, 3.05) is 47.6 Å². The molecule has 1 unspecified atom stereocenters. The number of amides is 3. The Morgan fingerprint density at radius 1 is 0.977 bits per heavy atom. The summed E-state index contributed by atoms with van der Waals surface area (Å²) in [7, 11) is 4.96. The van der Waals surface area contributed by atoms with E-state index in [0.29, 0.717) is 49.7 Å². The molecule has 0 N–H and O–H groups in total. The van der Waals surface area contributed by atoms with Crippen LogP contribution in [0.4, 0.5) is 4.79 Å². The minimum atomic E-state index is -0.704. The van der Waals surface area contributed by atoms with E-state index in [1.165, 1.54) is 0 Å². The lowest BCUT2D eigenvalue weighted by molar-refractivity contribution is -0.137. The number of carbonyl (C=O) groups is 3. The molecule has 3 amide bonds. The predicted molar refractivity (Wildman–Crippen MR) is 169 cm³/mol. The number of piperidine rings is 1. The first-order valence-corrected chi connectivity index (χ1v) is 15.2. The van der Waals surface area contributed by atoms with Gasteiger partial charge >= 0.3 is 6.09 Å². The number of carbonyl (C=O) groups excluding carboxylic acids is 3. The van der Waals surface area contributed by atoms with Gasteiger partial charge in [-0.1, -0.05) is 30.3 Å². The molecule has 0 aliphatic carbocycles. The molecule has 0 radical (unpaired) electrons. The van der Waals surface area contributed by atoms with Crippen molar-refractivity contribution in [2.24, 2.45) is 5.92 Å². The maximum absolute atomic E-state index is 14.2. The molecule has 44 heavy (non-hydrogen) atoms. The van der Waals surface area contributed by atoms with Crippen LogP contribution in [0.5, 0.6) is 11.5 Å². The first kappa shape index (κ1) is 34.7. The molecule has 1 heterocycles. The number of nitrogens with zero attached hydrogens (tertiary/aromatic N) is 3. The third-order valence-corrected chi connectivity index (χ3v) is 7.41. The number of benzene rings is 2. The summed E-state index contributed by atoms with van der Waals surface area (Å²) in [6, 6.07) is 14.3. The molecule has 1 aliphatic rings. The molecule has 0 saturated carbocycles. The van der Waals surface area contributed by atoms with Crippen LogP contribution in [0.15, 0.2) is 48.5 Å². The molecule has 0 aromatic heterocycles. The van der Waals surface area contributed by atoms with Crippen molar-refractivity contribution in [1.82, 2.24) is 14.7 Å². The normalized spacial score (nSPS) is 16.8. The molecule has 10 nitrogen and oxygen atoms in total. The van der Waals surface area contributed by atoms with Crippen molar-refractivity contribution in [3.05, 3.63) is 59.7 Å². The third-order valence-electron chi connectivity index (χ3n) is 7.41. The van der Waals surface area contributed by atoms with Gasteiger partial charge in [0, 0.05) is 58.4 Å². The van der Waals surface area contributed by atoms with Crippen LogP contribution < -0.4 is 9.47 Å². The fourth-order valence-corrected chi connectivity index (χ4v) is 5.45. The fraction of sp³-hybridized carbons (Fsp3) is 0.559. The molecule has 2 atom stereocenters. The van der Waals surface area contributed by atoms with Crippen LogP contribution in [0.1, 0.15) is 63.4 Å². The number of ether oxygens (including phenoxy) is 4. The Morgan fingerprint density at radius 3 is 2.30 bits per heavy atom. The van der Waals surface area contributed by atoms with Gasteiger partial charge in [-0.15, -0.1) is 0 Å². The molecule has 1 aliphatic heterocycles. The third kappa shape index (κ3) is 9.61. The van der Waals surface area contributed by atoms with Crippen LogP contribution in [0, 0.1) is 5.92 Å². The largest absolute Gasteiger partial charge is 0.493 e. The van der Waals surface area contributed by atoms with Gasteiger partial charge in [-0.3, -0.25) is 9.59 Å². The molecule has 2 aromatic carbocycles. The van der Waals surface area contributed by atoms with Gasteiger partial charge in [0.25, 0.3) is 5.91 Å². The summed E-state index contributed by atoms with van der Waals surface area (Å²) in [5.41, 5.74) is 0.738. The standard InChI is InChI=1S/C34H49N3O7/c1-24(2)37(32(39)26-15-16-29(42-8)30(20-26)43-18-12-17-41-7)28-19-27(22-36(23-28)33(40)44-34(3,4)5)31(38)35(6)21-25-13-10-9-11-14-25/h9-11,13-16,20,24,27-28H,12,17-19,21-23H2,1-8H3/t27-,28?/m0/s1. The van der Waals surface area contributed by atoms with E-state index in [2.05, 4.69) is 0 Å². The van der Waals surface area contributed by atoms with Gasteiger partial charge in [-0.05, 0) is 64.8 Å². The fourth-order valence-electron chi connectivity index (χ4n) is 5.45. The molecule has 0 spiro atoms. The summed E-state index contributed by atoms with van der Waals surface area (Å²) in [6.07, 6.45) is 0.600.